The lowest BCUT2D eigenvalue weighted by Crippen LogP contribution is -2.65. The van der Waals surface area contributed by atoms with Gasteiger partial charge in [-0.1, -0.05) is 12.1 Å². The molecule has 4 heterocycles. The van der Waals surface area contributed by atoms with E-state index in [2.05, 4.69) is 89.7 Å². The SMILES string of the molecule is CN(C)[C@@H]1C(O)=C(C(N)=O)C(=O)[C@@]2(O)C(O)=C3C(=O)c4c(O)cccc4[C@@](C)(O)[C@H]3C[C@@H]12.C[C@@H]1NC(=O)[C@@H](N)CNC(=O)[C@H]([C@H]2CCN=C(N)N2)NC(=O)/C(=C\NC(N)=O)NC(=O)[C@H](CNC(=O)C[C@@H](N)CCCN)NC1=O.NCCC[C@H](N)CC(=O)NC[C@@H]1NC(=O)[C@H](CO)NC(=O)[C@@H](N)CNC(=O)[C@H]([C@H]2CCN=C(N)N2)NC(=O)/C(=C\NC(N)=O)NC1=O. The summed E-state index contributed by atoms with van der Waals surface area (Å²) in [7, 11) is 3.06. The largest absolute Gasteiger partial charge is 0.510 e. The van der Waals surface area contributed by atoms with Crippen molar-refractivity contribution in [3.8, 4) is 5.75 Å². The summed E-state index contributed by atoms with van der Waals surface area (Å²) >= 11 is 0. The molecule has 2 fully saturated rings. The zero-order valence-electron chi connectivity index (χ0n) is 68.6. The molecule has 7 aliphatic rings. The Bertz CT molecular complexity index is 4500. The van der Waals surface area contributed by atoms with Crippen molar-refractivity contribution < 1.29 is 112 Å². The average molecular weight is 1770 g/mol. The van der Waals surface area contributed by atoms with Gasteiger partial charge in [0.15, 0.2) is 23.3 Å². The van der Waals surface area contributed by atoms with Gasteiger partial charge in [0.1, 0.15) is 82.6 Å². The number of hydrogen-bond acceptors (Lipinski definition) is 36. The standard InChI is InChI=1S/C25H44N14O8.C25H44N14O7.C22H24N2O8/c26-4-1-2-11(27)6-17(41)32-8-14-20(43)35-15(9-34-25(30)47)21(44)39-18(13-3-5-31-24(29)38-13)23(46)33-7-12(28)19(42)37-16(10-40)22(45)36-14;1-11-19(41)36-15(9-32-17(40)7-12(27)3-2-5-26)21(43)37-16(10-34-25(30)46)22(44)39-18(14-4-6-31-24(29)38-14)23(45)33-8-13(28)20(42)35-11;1-21(31)8-5-4-6-11(25)12(8)16(26)13-9(21)7-10-15(24(2)3)17(27)14(20(23)30)19(29)22(10,32)18(13)28/h9,11-14,16,18,40H,1-8,10,26-28H2,(H,32,41)(H,33,46)(H,35,43)(H,36,45)(H,37,42)(H,39,44)(H3,29,31,38)(H3,30,34,47);10-15,18H,2-9,26-28H2,1H3,(H,32,40)(H,33,45)(H,35,42)(H,36,41)(H,37,43)(H,39,44)(H3,29,31,38)(H3,30,34,46);4-6,9-10,15,25,27-28,31-32H,7H2,1-3H3,(H2,23,30)/b15-9+;16-10+;/t11-,12-,13+,14-,16-,18-;11-,12-,13-,14+,15-,18-;9-,10-,15-,21+,22-/m000/s1. The van der Waals surface area contributed by atoms with E-state index in [1.165, 1.54) is 51.0 Å². The van der Waals surface area contributed by atoms with Crippen molar-refractivity contribution in [2.75, 3.05) is 73.1 Å². The highest BCUT2D eigenvalue weighted by Crippen LogP contribution is 2.56. The second kappa shape index (κ2) is 45.2. The molecular weight excluding hydrogens is 1650 g/mol. The van der Waals surface area contributed by atoms with Crippen molar-refractivity contribution in [3.05, 3.63) is 75.8 Å². The summed E-state index contributed by atoms with van der Waals surface area (Å²) in [4.78, 5) is 227. The Morgan fingerprint density at radius 1 is 0.616 bits per heavy atom. The Morgan fingerprint density at radius 2 is 1.06 bits per heavy atom. The summed E-state index contributed by atoms with van der Waals surface area (Å²) in [6.07, 6.45) is 3.66. The van der Waals surface area contributed by atoms with Gasteiger partial charge in [-0.15, -0.1) is 0 Å². The smallest absolute Gasteiger partial charge is 0.316 e. The molecule has 1 aromatic carbocycles. The monoisotopic (exact) mass is 1760 g/mol. The van der Waals surface area contributed by atoms with Gasteiger partial charge in [0.2, 0.25) is 64.9 Å². The van der Waals surface area contributed by atoms with Crippen LogP contribution in [0.5, 0.6) is 5.75 Å². The first kappa shape index (κ1) is 101. The number of benzene rings is 1. The van der Waals surface area contributed by atoms with Crippen molar-refractivity contribution >= 4 is 112 Å². The van der Waals surface area contributed by atoms with Crippen molar-refractivity contribution in [1.29, 1.82) is 0 Å². The van der Waals surface area contributed by atoms with Gasteiger partial charge in [-0.3, -0.25) is 86.8 Å². The fourth-order valence-electron chi connectivity index (χ4n) is 14.1. The molecule has 125 heavy (non-hydrogen) atoms. The lowest BCUT2D eigenvalue weighted by molar-refractivity contribution is -0.152. The highest BCUT2D eigenvalue weighted by atomic mass is 16.4. The number of primary amides is 3. The Balaban J connectivity index is 0.000000295. The number of likely N-dealkylation sites (N-methyl/N-ethyl adjacent to an activating group) is 1. The van der Waals surface area contributed by atoms with E-state index in [0.29, 0.717) is 38.8 Å². The number of aromatic hydroxyl groups is 1. The van der Waals surface area contributed by atoms with E-state index in [0.717, 1.165) is 12.4 Å². The van der Waals surface area contributed by atoms with Crippen molar-refractivity contribution in [1.82, 2.24) is 90.0 Å². The number of nitrogens with one attached hydrogen (secondary N) is 16. The van der Waals surface area contributed by atoms with Gasteiger partial charge in [-0.05, 0) is 97.6 Å². The van der Waals surface area contributed by atoms with Crippen LogP contribution in [0.4, 0.5) is 9.59 Å². The first-order chi connectivity index (χ1) is 58.7. The van der Waals surface area contributed by atoms with Gasteiger partial charge in [0.25, 0.3) is 17.7 Å². The quantitative estimate of drug-likeness (QED) is 0.0401. The molecule has 3 aliphatic carbocycles. The molecule has 8 rings (SSSR count). The third-order valence-electron chi connectivity index (χ3n) is 20.8. The summed E-state index contributed by atoms with van der Waals surface area (Å²) in [5, 5.41) is 103. The molecule has 4 aliphatic heterocycles. The summed E-state index contributed by atoms with van der Waals surface area (Å²) in [5.41, 5.74) is 54.6. The number of nitrogens with two attached hydrogens (primary N) is 11. The molecule has 44 N–H and O–H groups in total. The van der Waals surface area contributed by atoms with E-state index in [4.69, 9.17) is 63.1 Å². The highest BCUT2D eigenvalue weighted by Gasteiger charge is 2.66. The third kappa shape index (κ3) is 26.4. The van der Waals surface area contributed by atoms with E-state index in [9.17, 15) is 112 Å². The molecule has 53 heteroatoms. The number of carbonyl (C=O) groups excluding carboxylic acids is 17. The summed E-state index contributed by atoms with van der Waals surface area (Å²) in [6, 6.07) is -13.3. The molecule has 688 valence electrons. The van der Waals surface area contributed by atoms with Crippen LogP contribution in [0, 0.1) is 11.8 Å². The molecule has 1 aromatic rings. The fraction of sp³-hybridized carbons (Fsp3) is 0.542. The number of phenolic OH excluding ortho intramolecular Hbond substituents is 1. The number of hydrogen-bond donors (Lipinski definition) is 33. The average Bonchev–Trinajstić information content (AvgIpc) is 0.688. The minimum absolute atomic E-state index is 0.0101. The highest BCUT2D eigenvalue weighted by molar-refractivity contribution is 6.25. The number of Topliss-reactive ketones (excluding diaryl/α,β-unsaturated/α-hetero) is 2. The van der Waals surface area contributed by atoms with Gasteiger partial charge in [0, 0.05) is 94.0 Å². The zero-order valence-corrected chi connectivity index (χ0v) is 68.6. The van der Waals surface area contributed by atoms with Crippen LogP contribution in [0.1, 0.15) is 87.6 Å². The van der Waals surface area contributed by atoms with E-state index in [1.54, 1.807) is 0 Å². The van der Waals surface area contributed by atoms with Gasteiger partial charge in [-0.2, -0.15) is 0 Å². The minimum Gasteiger partial charge on any atom is -0.510 e. The number of fused-ring (bicyclic) bond motifs is 3. The van der Waals surface area contributed by atoms with Gasteiger partial charge in [0.05, 0.1) is 35.9 Å². The fourth-order valence-corrected chi connectivity index (χ4v) is 14.1. The van der Waals surface area contributed by atoms with Gasteiger partial charge in [-0.25, -0.2) is 9.59 Å². The molecule has 0 radical (unpaired) electrons. The molecule has 17 amide bonds. The molecule has 0 bridgehead atoms. The number of aliphatic hydroxyl groups is 5. The predicted octanol–water partition coefficient (Wildman–Crippen LogP) is -15.7. The van der Waals surface area contributed by atoms with Crippen LogP contribution in [0.15, 0.2) is 74.6 Å². The lowest BCUT2D eigenvalue weighted by atomic mass is 9.55. The molecule has 2 saturated heterocycles. The Kier molecular flexibility index (Phi) is 36.3. The number of aliphatic hydroxyl groups excluding tert-OH is 3. The Hall–Kier alpha value is -13.3. The maximum absolute atomic E-state index is 13.5. The number of guanidine groups is 2. The molecule has 0 saturated carbocycles. The number of ketones is 2. The van der Waals surface area contributed by atoms with Crippen LogP contribution in [0.25, 0.3) is 0 Å². The first-order valence-corrected chi connectivity index (χ1v) is 39.2. The van der Waals surface area contributed by atoms with E-state index in [1.807, 2.05) is 5.32 Å². The molecule has 17 atom stereocenters. The van der Waals surface area contributed by atoms with E-state index in [-0.39, 0.29) is 74.8 Å². The number of aliphatic imine (C=N–C) groups is 2. The molecule has 0 unspecified atom stereocenters. The number of carbonyl (C=O) groups is 17. The Morgan fingerprint density at radius 3 is 1.49 bits per heavy atom. The molecule has 53 nitrogen and oxygen atoms in total. The number of nitrogens with zero attached hydrogens (tertiary/aromatic N) is 3. The second-order valence-corrected chi connectivity index (χ2v) is 30.3. The van der Waals surface area contributed by atoms with Crippen LogP contribution in [0.2, 0.25) is 0 Å². The normalized spacial score (nSPS) is 28.5. The molecule has 0 aromatic heterocycles. The topological polar surface area (TPSA) is 918 Å². The number of rotatable bonds is 21. The zero-order chi connectivity index (χ0) is 93.4. The molecule has 0 spiro atoms. The van der Waals surface area contributed by atoms with Crippen LogP contribution >= 0.6 is 0 Å². The summed E-state index contributed by atoms with van der Waals surface area (Å²) in [5.74, 6) is -18.5. The first-order valence-electron chi connectivity index (χ1n) is 39.2. The van der Waals surface area contributed by atoms with Gasteiger partial charge >= 0.3 is 12.1 Å². The minimum atomic E-state index is -2.75. The van der Waals surface area contributed by atoms with Gasteiger partial charge < -0.3 is 179 Å². The number of phenols is 1. The summed E-state index contributed by atoms with van der Waals surface area (Å²) < 4.78 is 0. The maximum atomic E-state index is 13.5. The van der Waals surface area contributed by atoms with E-state index >= 15 is 0 Å². The van der Waals surface area contributed by atoms with Crippen LogP contribution in [-0.4, -0.2) is 305 Å². The Labute approximate surface area is 712 Å². The van der Waals surface area contributed by atoms with Crippen molar-refractivity contribution in [3.63, 3.8) is 0 Å². The predicted molar refractivity (Wildman–Crippen MR) is 438 cm³/mol. The second-order valence-electron chi connectivity index (χ2n) is 30.3. The van der Waals surface area contributed by atoms with E-state index < -0.39 is 268 Å². The van der Waals surface area contributed by atoms with Crippen LogP contribution < -0.4 is 148 Å². The third-order valence-corrected chi connectivity index (χ3v) is 20.8. The van der Waals surface area contributed by atoms with Crippen LogP contribution in [-0.2, 0) is 72.7 Å². The maximum Gasteiger partial charge on any atom is 0.316 e. The number of urea groups is 2. The summed E-state index contributed by atoms with van der Waals surface area (Å²) in [6.45, 7) is 1.12. The lowest BCUT2D eigenvalue weighted by Gasteiger charge is -2.52. The number of amides is 17. The van der Waals surface area contributed by atoms with Crippen molar-refractivity contribution in [2.45, 2.75) is 161 Å². The molecular formula is C72H112N30O23. The van der Waals surface area contributed by atoms with Crippen molar-refractivity contribution in [2.24, 2.45) is 84.9 Å². The van der Waals surface area contributed by atoms with Crippen LogP contribution in [0.3, 0.4) is 0 Å².